The molecule has 0 heterocycles. The molecule has 0 atom stereocenters. The van der Waals surface area contributed by atoms with Gasteiger partial charge in [0.25, 0.3) is 5.91 Å². The highest BCUT2D eigenvalue weighted by atomic mass is 127. The Bertz CT molecular complexity index is 441. The van der Waals surface area contributed by atoms with Gasteiger partial charge in [0.1, 0.15) is 0 Å². The Morgan fingerprint density at radius 1 is 1.33 bits per heavy atom. The number of hydrogen-bond donors (Lipinski definition) is 1. The average molecular weight is 422 g/mol. The third-order valence-electron chi connectivity index (χ3n) is 3.52. The van der Waals surface area contributed by atoms with E-state index in [1.165, 1.54) is 12.8 Å². The van der Waals surface area contributed by atoms with Gasteiger partial charge in [0, 0.05) is 14.1 Å². The van der Waals surface area contributed by atoms with E-state index >= 15 is 0 Å². The zero-order valence-electron chi connectivity index (χ0n) is 10.4. The molecular formula is C14H17BrINO. The Balaban J connectivity index is 2.01. The second-order valence-electron chi connectivity index (χ2n) is 5.05. The fourth-order valence-electron chi connectivity index (χ4n) is 2.34. The van der Waals surface area contributed by atoms with E-state index in [4.69, 9.17) is 0 Å². The van der Waals surface area contributed by atoms with Crippen molar-refractivity contribution in [3.05, 3.63) is 31.8 Å². The van der Waals surface area contributed by atoms with Crippen LogP contribution in [0.15, 0.2) is 22.7 Å². The molecule has 0 unspecified atom stereocenters. The van der Waals surface area contributed by atoms with Gasteiger partial charge in [-0.25, -0.2) is 0 Å². The van der Waals surface area contributed by atoms with E-state index in [-0.39, 0.29) is 5.91 Å². The van der Waals surface area contributed by atoms with Crippen LogP contribution in [0.3, 0.4) is 0 Å². The molecule has 0 bridgehead atoms. The van der Waals surface area contributed by atoms with Gasteiger partial charge in [-0.05, 0) is 72.4 Å². The second kappa shape index (κ2) is 6.37. The zero-order valence-corrected chi connectivity index (χ0v) is 14.1. The monoisotopic (exact) mass is 421 g/mol. The summed E-state index contributed by atoms with van der Waals surface area (Å²) < 4.78 is 1.95. The number of amides is 1. The van der Waals surface area contributed by atoms with Crippen LogP contribution >= 0.6 is 38.5 Å². The molecule has 2 rings (SSSR count). The zero-order chi connectivity index (χ0) is 13.1. The quantitative estimate of drug-likeness (QED) is 0.706. The van der Waals surface area contributed by atoms with Crippen LogP contribution in [0.5, 0.6) is 0 Å². The Hall–Kier alpha value is -0.100. The van der Waals surface area contributed by atoms with Crippen molar-refractivity contribution in [2.24, 2.45) is 5.92 Å². The molecule has 0 radical (unpaired) electrons. The van der Waals surface area contributed by atoms with Crippen molar-refractivity contribution in [3.8, 4) is 0 Å². The minimum Gasteiger partial charge on any atom is -0.349 e. The van der Waals surface area contributed by atoms with Crippen molar-refractivity contribution >= 4 is 44.4 Å². The summed E-state index contributed by atoms with van der Waals surface area (Å²) in [5.74, 6) is 0.865. The minimum atomic E-state index is 0.0558. The highest BCUT2D eigenvalue weighted by Crippen LogP contribution is 2.24. The summed E-state index contributed by atoms with van der Waals surface area (Å²) in [5.41, 5.74) is 0.767. The smallest absolute Gasteiger partial charge is 0.252 e. The largest absolute Gasteiger partial charge is 0.349 e. The minimum absolute atomic E-state index is 0.0558. The summed E-state index contributed by atoms with van der Waals surface area (Å²) in [6, 6.07) is 6.16. The lowest BCUT2D eigenvalue weighted by Crippen LogP contribution is -2.37. The molecule has 1 aromatic carbocycles. The van der Waals surface area contributed by atoms with Crippen molar-refractivity contribution in [2.45, 2.75) is 38.6 Å². The maximum absolute atomic E-state index is 12.2. The number of nitrogens with one attached hydrogen (secondary N) is 1. The lowest BCUT2D eigenvalue weighted by molar-refractivity contribution is 0.0922. The van der Waals surface area contributed by atoms with Crippen molar-refractivity contribution in [1.82, 2.24) is 5.32 Å². The molecule has 2 nitrogen and oxygen atoms in total. The molecular weight excluding hydrogens is 405 g/mol. The van der Waals surface area contributed by atoms with Gasteiger partial charge in [0.05, 0.1) is 5.56 Å². The third kappa shape index (κ3) is 3.70. The first-order chi connectivity index (χ1) is 8.56. The lowest BCUT2D eigenvalue weighted by atomic mass is 9.87. The topological polar surface area (TPSA) is 29.1 Å². The van der Waals surface area contributed by atoms with Gasteiger partial charge in [-0.1, -0.05) is 22.9 Å². The molecule has 98 valence electrons. The Labute approximate surface area is 130 Å². The summed E-state index contributed by atoms with van der Waals surface area (Å²) in [4.78, 5) is 12.2. The van der Waals surface area contributed by atoms with E-state index in [2.05, 4.69) is 50.8 Å². The number of halogens is 2. The summed E-state index contributed by atoms with van der Waals surface area (Å²) in [7, 11) is 0. The van der Waals surface area contributed by atoms with E-state index in [1.807, 2.05) is 18.2 Å². The predicted molar refractivity (Wildman–Crippen MR) is 85.7 cm³/mol. The van der Waals surface area contributed by atoms with E-state index in [9.17, 15) is 4.79 Å². The lowest BCUT2D eigenvalue weighted by Gasteiger charge is -2.27. The molecule has 1 saturated carbocycles. The van der Waals surface area contributed by atoms with Crippen LogP contribution in [-0.2, 0) is 0 Å². The molecule has 1 N–H and O–H groups in total. The highest BCUT2D eigenvalue weighted by Gasteiger charge is 2.21. The molecule has 1 fully saturated rings. The molecule has 1 aliphatic carbocycles. The van der Waals surface area contributed by atoms with Gasteiger partial charge in [-0.15, -0.1) is 0 Å². The SMILES string of the molecule is CC1CCC(NC(=O)c2cc(Br)ccc2I)CC1. The average Bonchev–Trinajstić information content (AvgIpc) is 2.35. The normalized spacial score (nSPS) is 23.7. The van der Waals surface area contributed by atoms with Crippen LogP contribution in [0.25, 0.3) is 0 Å². The van der Waals surface area contributed by atoms with Gasteiger partial charge in [0.2, 0.25) is 0 Å². The van der Waals surface area contributed by atoms with Gasteiger partial charge >= 0.3 is 0 Å². The van der Waals surface area contributed by atoms with Gasteiger partial charge in [-0.3, -0.25) is 4.79 Å². The highest BCUT2D eigenvalue weighted by molar-refractivity contribution is 14.1. The standard InChI is InChI=1S/C14H17BrINO/c1-9-2-5-11(6-3-9)17-14(18)12-8-10(15)4-7-13(12)16/h4,7-9,11H,2-3,5-6H2,1H3,(H,17,18). The van der Waals surface area contributed by atoms with Gasteiger partial charge in [0.15, 0.2) is 0 Å². The van der Waals surface area contributed by atoms with E-state index in [0.29, 0.717) is 6.04 Å². The molecule has 1 aromatic rings. The van der Waals surface area contributed by atoms with Crippen molar-refractivity contribution in [1.29, 1.82) is 0 Å². The molecule has 18 heavy (non-hydrogen) atoms. The first kappa shape index (κ1) is 14.3. The molecule has 0 saturated heterocycles. The predicted octanol–water partition coefficient (Wildman–Crippen LogP) is 4.36. The third-order valence-corrected chi connectivity index (χ3v) is 4.96. The Morgan fingerprint density at radius 3 is 2.67 bits per heavy atom. The van der Waals surface area contributed by atoms with Crippen LogP contribution in [-0.4, -0.2) is 11.9 Å². The van der Waals surface area contributed by atoms with E-state index in [0.717, 1.165) is 32.4 Å². The van der Waals surface area contributed by atoms with Crippen LogP contribution in [0.4, 0.5) is 0 Å². The van der Waals surface area contributed by atoms with Crippen molar-refractivity contribution in [2.75, 3.05) is 0 Å². The van der Waals surface area contributed by atoms with Crippen LogP contribution in [0.2, 0.25) is 0 Å². The first-order valence-corrected chi connectivity index (χ1v) is 8.19. The van der Waals surface area contributed by atoms with E-state index in [1.54, 1.807) is 0 Å². The van der Waals surface area contributed by atoms with Crippen LogP contribution in [0.1, 0.15) is 43.0 Å². The second-order valence-corrected chi connectivity index (χ2v) is 7.13. The molecule has 0 aliphatic heterocycles. The van der Waals surface area contributed by atoms with E-state index < -0.39 is 0 Å². The summed E-state index contributed by atoms with van der Waals surface area (Å²) in [6.45, 7) is 2.29. The molecule has 1 aliphatic rings. The molecule has 0 spiro atoms. The molecule has 0 aromatic heterocycles. The van der Waals surface area contributed by atoms with Crippen LogP contribution < -0.4 is 5.32 Å². The summed E-state index contributed by atoms with van der Waals surface area (Å²) in [6.07, 6.45) is 4.66. The Kier molecular flexibility index (Phi) is 5.06. The van der Waals surface area contributed by atoms with Crippen molar-refractivity contribution < 1.29 is 4.79 Å². The molecule has 4 heteroatoms. The van der Waals surface area contributed by atoms with Crippen LogP contribution in [0, 0.1) is 9.49 Å². The summed E-state index contributed by atoms with van der Waals surface area (Å²) in [5, 5.41) is 3.16. The van der Waals surface area contributed by atoms with Crippen molar-refractivity contribution in [3.63, 3.8) is 0 Å². The maximum Gasteiger partial charge on any atom is 0.252 e. The fourth-order valence-corrected chi connectivity index (χ4v) is 3.28. The number of carbonyl (C=O) groups is 1. The van der Waals surface area contributed by atoms with Gasteiger partial charge < -0.3 is 5.32 Å². The maximum atomic E-state index is 12.2. The number of hydrogen-bond acceptors (Lipinski definition) is 1. The first-order valence-electron chi connectivity index (χ1n) is 6.32. The number of rotatable bonds is 2. The fraction of sp³-hybridized carbons (Fsp3) is 0.500. The number of benzene rings is 1. The number of carbonyl (C=O) groups excluding carboxylic acids is 1. The Morgan fingerprint density at radius 2 is 2.00 bits per heavy atom. The summed E-state index contributed by atoms with van der Waals surface area (Å²) >= 11 is 5.62. The molecule has 1 amide bonds. The van der Waals surface area contributed by atoms with Gasteiger partial charge in [-0.2, -0.15) is 0 Å².